The molecule has 0 spiro atoms. The molecule has 0 amide bonds. The van der Waals surface area contributed by atoms with Gasteiger partial charge in [0, 0.05) is 30.6 Å². The predicted octanol–water partition coefficient (Wildman–Crippen LogP) is 3.02. The highest BCUT2D eigenvalue weighted by Crippen LogP contribution is 2.27. The van der Waals surface area contributed by atoms with Gasteiger partial charge in [0.25, 0.3) is 0 Å². The minimum Gasteiger partial charge on any atom is -0.494 e. The SMILES string of the molecule is COCCn1c(C)cc(C(=O)CSc2nnnn2-c2cc(C)ccc2OC)c1C. The third-order valence-electron chi connectivity index (χ3n) is 4.73. The largest absolute Gasteiger partial charge is 0.494 e. The van der Waals surface area contributed by atoms with E-state index in [0.29, 0.717) is 17.5 Å². The number of hydrogen-bond acceptors (Lipinski definition) is 7. The fourth-order valence-electron chi connectivity index (χ4n) is 3.20. The number of hydrogen-bond donors (Lipinski definition) is 0. The molecule has 0 unspecified atom stereocenters. The Morgan fingerprint density at radius 2 is 1.97 bits per heavy atom. The van der Waals surface area contributed by atoms with Crippen LogP contribution in [0.1, 0.15) is 27.3 Å². The first-order valence-corrected chi connectivity index (χ1v) is 10.2. The molecule has 0 aliphatic heterocycles. The van der Waals surface area contributed by atoms with Crippen LogP contribution in [0.2, 0.25) is 0 Å². The van der Waals surface area contributed by atoms with Crippen LogP contribution in [0.25, 0.3) is 5.69 Å². The number of benzene rings is 1. The van der Waals surface area contributed by atoms with E-state index in [4.69, 9.17) is 9.47 Å². The number of methoxy groups -OCH3 is 2. The van der Waals surface area contributed by atoms with Crippen LogP contribution in [-0.2, 0) is 11.3 Å². The van der Waals surface area contributed by atoms with Crippen LogP contribution >= 0.6 is 11.8 Å². The van der Waals surface area contributed by atoms with Crippen molar-refractivity contribution in [2.45, 2.75) is 32.5 Å². The van der Waals surface area contributed by atoms with Gasteiger partial charge in [-0.15, -0.1) is 5.10 Å². The lowest BCUT2D eigenvalue weighted by atomic mass is 10.2. The summed E-state index contributed by atoms with van der Waals surface area (Å²) in [5, 5.41) is 12.5. The number of tetrazole rings is 1. The van der Waals surface area contributed by atoms with Gasteiger partial charge in [-0.1, -0.05) is 17.8 Å². The fourth-order valence-corrected chi connectivity index (χ4v) is 3.97. The van der Waals surface area contributed by atoms with Crippen LogP contribution in [0.5, 0.6) is 5.75 Å². The highest BCUT2D eigenvalue weighted by molar-refractivity contribution is 7.99. The summed E-state index contributed by atoms with van der Waals surface area (Å²) in [6.45, 7) is 7.27. The lowest BCUT2D eigenvalue weighted by molar-refractivity contribution is 0.102. The molecule has 0 radical (unpaired) electrons. The number of carbonyl (C=O) groups excluding carboxylic acids is 1. The van der Waals surface area contributed by atoms with Crippen molar-refractivity contribution in [2.75, 3.05) is 26.6 Å². The molecule has 0 aliphatic carbocycles. The molecule has 0 saturated heterocycles. The predicted molar refractivity (Wildman–Crippen MR) is 111 cm³/mol. The maximum Gasteiger partial charge on any atom is 0.214 e. The van der Waals surface area contributed by atoms with Gasteiger partial charge in [-0.05, 0) is 55.0 Å². The van der Waals surface area contributed by atoms with E-state index in [1.807, 2.05) is 45.0 Å². The smallest absolute Gasteiger partial charge is 0.214 e. The third kappa shape index (κ3) is 4.51. The number of ketones is 1. The molecule has 3 rings (SSSR count). The van der Waals surface area contributed by atoms with E-state index in [1.54, 1.807) is 18.9 Å². The van der Waals surface area contributed by atoms with Crippen LogP contribution in [0.15, 0.2) is 29.4 Å². The minimum absolute atomic E-state index is 0.0394. The van der Waals surface area contributed by atoms with E-state index in [0.717, 1.165) is 34.7 Å². The molecule has 0 aliphatic rings. The zero-order valence-corrected chi connectivity index (χ0v) is 18.1. The summed E-state index contributed by atoms with van der Waals surface area (Å²) in [6, 6.07) is 7.72. The number of nitrogens with zero attached hydrogens (tertiary/aromatic N) is 5. The number of aryl methyl sites for hydroxylation is 2. The summed E-state index contributed by atoms with van der Waals surface area (Å²) in [5.74, 6) is 0.943. The van der Waals surface area contributed by atoms with Gasteiger partial charge >= 0.3 is 0 Å². The lowest BCUT2D eigenvalue weighted by Gasteiger charge is -2.10. The molecule has 9 heteroatoms. The summed E-state index contributed by atoms with van der Waals surface area (Å²) in [7, 11) is 3.28. The van der Waals surface area contributed by atoms with Crippen molar-refractivity contribution in [3.63, 3.8) is 0 Å². The van der Waals surface area contributed by atoms with Crippen LogP contribution in [0, 0.1) is 20.8 Å². The third-order valence-corrected chi connectivity index (χ3v) is 5.65. The number of ether oxygens (including phenoxy) is 2. The number of rotatable bonds is 9. The average molecular weight is 416 g/mol. The molecule has 154 valence electrons. The van der Waals surface area contributed by atoms with Crippen molar-refractivity contribution >= 4 is 17.5 Å². The van der Waals surface area contributed by atoms with Crippen molar-refractivity contribution in [3.8, 4) is 11.4 Å². The van der Waals surface area contributed by atoms with Gasteiger partial charge in [0.05, 0.1) is 19.5 Å². The van der Waals surface area contributed by atoms with E-state index in [-0.39, 0.29) is 11.5 Å². The van der Waals surface area contributed by atoms with Crippen molar-refractivity contribution in [1.82, 2.24) is 24.8 Å². The summed E-state index contributed by atoms with van der Waals surface area (Å²) in [6.07, 6.45) is 0. The molecule has 2 aromatic heterocycles. The lowest BCUT2D eigenvalue weighted by Crippen LogP contribution is -2.10. The van der Waals surface area contributed by atoms with E-state index in [2.05, 4.69) is 20.1 Å². The Kier molecular flexibility index (Phi) is 6.71. The van der Waals surface area contributed by atoms with Crippen molar-refractivity contribution in [1.29, 1.82) is 0 Å². The summed E-state index contributed by atoms with van der Waals surface area (Å²) < 4.78 is 14.3. The normalized spacial score (nSPS) is 11.1. The molecule has 0 saturated carbocycles. The molecule has 0 fully saturated rings. The van der Waals surface area contributed by atoms with Crippen LogP contribution in [0.3, 0.4) is 0 Å². The Hall–Kier alpha value is -2.65. The summed E-state index contributed by atoms with van der Waals surface area (Å²) in [4.78, 5) is 12.9. The van der Waals surface area contributed by atoms with Gasteiger partial charge in [-0.3, -0.25) is 4.79 Å². The summed E-state index contributed by atoms with van der Waals surface area (Å²) in [5.41, 5.74) is 4.52. The molecule has 0 N–H and O–H groups in total. The topological polar surface area (TPSA) is 84.1 Å². The second-order valence-electron chi connectivity index (χ2n) is 6.69. The second-order valence-corrected chi connectivity index (χ2v) is 7.63. The molecule has 1 aromatic carbocycles. The van der Waals surface area contributed by atoms with Gasteiger partial charge in [0.15, 0.2) is 5.78 Å². The zero-order chi connectivity index (χ0) is 21.0. The molecular formula is C20H25N5O3S. The molecule has 29 heavy (non-hydrogen) atoms. The Balaban J connectivity index is 1.78. The highest BCUT2D eigenvalue weighted by atomic mass is 32.2. The molecule has 0 bridgehead atoms. The van der Waals surface area contributed by atoms with Gasteiger partial charge in [-0.25, -0.2) is 0 Å². The van der Waals surface area contributed by atoms with E-state index < -0.39 is 0 Å². The Labute approximate surface area is 174 Å². The fraction of sp³-hybridized carbons (Fsp3) is 0.400. The highest BCUT2D eigenvalue weighted by Gasteiger charge is 2.19. The second kappa shape index (κ2) is 9.23. The van der Waals surface area contributed by atoms with E-state index in [1.165, 1.54) is 11.8 Å². The van der Waals surface area contributed by atoms with Crippen LogP contribution < -0.4 is 4.74 Å². The minimum atomic E-state index is 0.0394. The number of carbonyl (C=O) groups is 1. The standard InChI is InChI=1S/C20H25N5O3S/c1-13-6-7-19(28-5)17(10-13)25-20(21-22-23-25)29-12-18(26)16-11-14(2)24(15(16)3)8-9-27-4/h6-7,10-11H,8-9,12H2,1-5H3. The van der Waals surface area contributed by atoms with Crippen LogP contribution in [0.4, 0.5) is 0 Å². The van der Waals surface area contributed by atoms with Crippen LogP contribution in [-0.4, -0.2) is 57.1 Å². The van der Waals surface area contributed by atoms with Crippen molar-refractivity contribution in [2.24, 2.45) is 0 Å². The molecule has 8 nitrogen and oxygen atoms in total. The maximum absolute atomic E-state index is 12.9. The Morgan fingerprint density at radius 1 is 1.17 bits per heavy atom. The quantitative estimate of drug-likeness (QED) is 0.392. The van der Waals surface area contributed by atoms with Crippen molar-refractivity contribution < 1.29 is 14.3 Å². The monoisotopic (exact) mass is 415 g/mol. The Bertz CT molecular complexity index is 1010. The average Bonchev–Trinajstić information content (AvgIpc) is 3.29. The number of thioether (sulfide) groups is 1. The first-order valence-electron chi connectivity index (χ1n) is 9.21. The van der Waals surface area contributed by atoms with Gasteiger partial charge in [0.2, 0.25) is 5.16 Å². The zero-order valence-electron chi connectivity index (χ0n) is 17.3. The van der Waals surface area contributed by atoms with Crippen molar-refractivity contribution in [3.05, 3.63) is 46.8 Å². The van der Waals surface area contributed by atoms with Gasteiger partial charge < -0.3 is 14.0 Å². The molecule has 2 heterocycles. The first-order chi connectivity index (χ1) is 14.0. The van der Waals surface area contributed by atoms with E-state index in [9.17, 15) is 4.79 Å². The van der Waals surface area contributed by atoms with E-state index >= 15 is 0 Å². The molecular weight excluding hydrogens is 390 g/mol. The maximum atomic E-state index is 12.9. The van der Waals surface area contributed by atoms with Gasteiger partial charge in [-0.2, -0.15) is 4.68 Å². The van der Waals surface area contributed by atoms with Gasteiger partial charge in [0.1, 0.15) is 11.4 Å². The number of aromatic nitrogens is 5. The Morgan fingerprint density at radius 3 is 2.69 bits per heavy atom. The molecule has 0 atom stereocenters. The molecule has 3 aromatic rings. The first kappa shape index (κ1) is 21.1. The summed E-state index contributed by atoms with van der Waals surface area (Å²) >= 11 is 1.31. The number of Topliss-reactive ketones (excluding diaryl/α,β-unsaturated/α-hetero) is 1.